The van der Waals surface area contributed by atoms with Gasteiger partial charge in [-0.3, -0.25) is 4.79 Å². The maximum absolute atomic E-state index is 12.0. The van der Waals surface area contributed by atoms with E-state index < -0.39 is 0 Å². The highest BCUT2D eigenvalue weighted by atomic mass is 16.5. The van der Waals surface area contributed by atoms with Crippen LogP contribution in [0.2, 0.25) is 0 Å². The average molecular weight is 315 g/mol. The van der Waals surface area contributed by atoms with Gasteiger partial charge < -0.3 is 19.8 Å². The molecule has 2 N–H and O–H groups in total. The number of H-pyrrole nitrogens is 1. The third kappa shape index (κ3) is 3.16. The summed E-state index contributed by atoms with van der Waals surface area (Å²) in [4.78, 5) is 19.7. The van der Waals surface area contributed by atoms with Gasteiger partial charge in [0.1, 0.15) is 11.5 Å². The fraction of sp³-hybridized carbons (Fsp3) is 0.412. The van der Waals surface area contributed by atoms with Crippen molar-refractivity contribution < 1.29 is 14.3 Å². The summed E-state index contributed by atoms with van der Waals surface area (Å²) in [6.07, 6.45) is 1.79. The zero-order valence-electron chi connectivity index (χ0n) is 13.6. The second kappa shape index (κ2) is 6.32. The van der Waals surface area contributed by atoms with Crippen molar-refractivity contribution in [2.75, 3.05) is 13.7 Å². The van der Waals surface area contributed by atoms with Crippen LogP contribution in [0, 0.1) is 0 Å². The Labute approximate surface area is 135 Å². The molecule has 0 spiro atoms. The highest BCUT2D eigenvalue weighted by Gasteiger charge is 2.21. The first-order valence-corrected chi connectivity index (χ1v) is 7.80. The summed E-state index contributed by atoms with van der Waals surface area (Å²) in [7, 11) is 1.61. The Morgan fingerprint density at radius 2 is 2.09 bits per heavy atom. The van der Waals surface area contributed by atoms with E-state index >= 15 is 0 Å². The molecule has 6 heteroatoms. The number of aromatic amines is 1. The van der Waals surface area contributed by atoms with Crippen molar-refractivity contribution >= 4 is 5.91 Å². The van der Waals surface area contributed by atoms with E-state index in [2.05, 4.69) is 15.3 Å². The maximum atomic E-state index is 12.0. The maximum Gasteiger partial charge on any atom is 0.271 e. The van der Waals surface area contributed by atoms with Crippen LogP contribution in [-0.4, -0.2) is 35.6 Å². The number of ether oxygens (including phenoxy) is 2. The van der Waals surface area contributed by atoms with Crippen LogP contribution in [0.25, 0.3) is 11.4 Å². The molecule has 1 aromatic heterocycles. The number of nitrogens with zero attached hydrogens (tertiary/aromatic N) is 1. The number of nitrogens with one attached hydrogen (secondary N) is 2. The number of carbonyl (C=O) groups excluding carboxylic acids is 1. The van der Waals surface area contributed by atoms with Gasteiger partial charge in [-0.15, -0.1) is 0 Å². The fourth-order valence-corrected chi connectivity index (χ4v) is 2.63. The molecule has 3 rings (SSSR count). The molecule has 23 heavy (non-hydrogen) atoms. The zero-order chi connectivity index (χ0) is 16.4. The smallest absolute Gasteiger partial charge is 0.271 e. The average Bonchev–Trinajstić information content (AvgIpc) is 2.88. The van der Waals surface area contributed by atoms with Crippen molar-refractivity contribution in [3.63, 3.8) is 0 Å². The summed E-state index contributed by atoms with van der Waals surface area (Å²) in [5.41, 5.74) is 2.23. The third-order valence-corrected chi connectivity index (χ3v) is 3.68. The summed E-state index contributed by atoms with van der Waals surface area (Å²) in [6, 6.07) is 5.64. The van der Waals surface area contributed by atoms with Crippen molar-refractivity contribution in [3.8, 4) is 22.9 Å². The molecule has 0 saturated carbocycles. The predicted molar refractivity (Wildman–Crippen MR) is 87.0 cm³/mol. The fourth-order valence-electron chi connectivity index (χ4n) is 2.63. The molecule has 0 aliphatic carbocycles. The lowest BCUT2D eigenvalue weighted by Gasteiger charge is -2.14. The number of rotatable bonds is 4. The van der Waals surface area contributed by atoms with Crippen LogP contribution in [0.4, 0.5) is 0 Å². The Morgan fingerprint density at radius 1 is 1.26 bits per heavy atom. The molecule has 1 aliphatic heterocycles. The highest BCUT2D eigenvalue weighted by molar-refractivity contribution is 5.94. The Kier molecular flexibility index (Phi) is 4.23. The van der Waals surface area contributed by atoms with Crippen LogP contribution in [0.5, 0.6) is 11.5 Å². The number of imidazole rings is 1. The SMILES string of the molecule is COc1cc(-c2nc3c([nH]2)CCCNC3=O)ccc1OC(C)C. The van der Waals surface area contributed by atoms with E-state index in [0.717, 1.165) is 24.1 Å². The van der Waals surface area contributed by atoms with E-state index in [9.17, 15) is 4.79 Å². The van der Waals surface area contributed by atoms with Crippen molar-refractivity contribution in [1.29, 1.82) is 0 Å². The van der Waals surface area contributed by atoms with Crippen LogP contribution >= 0.6 is 0 Å². The van der Waals surface area contributed by atoms with Crippen molar-refractivity contribution in [3.05, 3.63) is 29.6 Å². The number of benzene rings is 1. The summed E-state index contributed by atoms with van der Waals surface area (Å²) >= 11 is 0. The lowest BCUT2D eigenvalue weighted by atomic mass is 10.2. The first-order valence-electron chi connectivity index (χ1n) is 7.80. The Balaban J connectivity index is 1.96. The Morgan fingerprint density at radius 3 is 2.83 bits per heavy atom. The van der Waals surface area contributed by atoms with Gasteiger partial charge >= 0.3 is 0 Å². The number of amides is 1. The quantitative estimate of drug-likeness (QED) is 0.909. The minimum Gasteiger partial charge on any atom is -0.493 e. The topological polar surface area (TPSA) is 76.2 Å². The van der Waals surface area contributed by atoms with E-state index in [4.69, 9.17) is 9.47 Å². The molecule has 1 aliphatic rings. The number of hydrogen-bond acceptors (Lipinski definition) is 4. The van der Waals surface area contributed by atoms with Crippen LogP contribution in [0.1, 0.15) is 36.5 Å². The van der Waals surface area contributed by atoms with E-state index in [0.29, 0.717) is 29.6 Å². The molecule has 2 aromatic rings. The van der Waals surface area contributed by atoms with Crippen LogP contribution in [0.3, 0.4) is 0 Å². The first kappa shape index (κ1) is 15.4. The lowest BCUT2D eigenvalue weighted by molar-refractivity contribution is 0.0951. The minimum atomic E-state index is -0.119. The van der Waals surface area contributed by atoms with Gasteiger partial charge in [0.15, 0.2) is 11.5 Å². The van der Waals surface area contributed by atoms with Gasteiger partial charge in [0.25, 0.3) is 5.91 Å². The third-order valence-electron chi connectivity index (χ3n) is 3.68. The monoisotopic (exact) mass is 315 g/mol. The van der Waals surface area contributed by atoms with Gasteiger partial charge in [0.2, 0.25) is 0 Å². The van der Waals surface area contributed by atoms with Crippen LogP contribution in [0.15, 0.2) is 18.2 Å². The number of fused-ring (bicyclic) bond motifs is 1. The van der Waals surface area contributed by atoms with Gasteiger partial charge in [-0.05, 0) is 44.9 Å². The molecule has 0 bridgehead atoms. The first-order chi connectivity index (χ1) is 11.1. The highest BCUT2D eigenvalue weighted by Crippen LogP contribution is 2.32. The summed E-state index contributed by atoms with van der Waals surface area (Å²) in [6.45, 7) is 4.62. The standard InChI is InChI=1S/C17H21N3O3/c1-10(2)23-13-7-6-11(9-14(13)22-3)16-19-12-5-4-8-18-17(21)15(12)20-16/h6-7,9-10H,4-5,8H2,1-3H3,(H,18,21)(H,19,20). The largest absolute Gasteiger partial charge is 0.493 e. The number of aromatic nitrogens is 2. The molecule has 1 amide bonds. The van der Waals surface area contributed by atoms with E-state index in [-0.39, 0.29) is 12.0 Å². The summed E-state index contributed by atoms with van der Waals surface area (Å²) in [5, 5.41) is 2.85. The van der Waals surface area contributed by atoms with Crippen molar-refractivity contribution in [2.45, 2.75) is 32.8 Å². The van der Waals surface area contributed by atoms with Crippen LogP contribution < -0.4 is 14.8 Å². The van der Waals surface area contributed by atoms with Crippen molar-refractivity contribution in [1.82, 2.24) is 15.3 Å². The normalized spacial score (nSPS) is 14.2. The zero-order valence-corrected chi connectivity index (χ0v) is 13.6. The number of hydrogen-bond donors (Lipinski definition) is 2. The molecule has 0 atom stereocenters. The van der Waals surface area contributed by atoms with E-state index in [1.807, 2.05) is 32.0 Å². The molecule has 1 aromatic carbocycles. The van der Waals surface area contributed by atoms with E-state index in [1.54, 1.807) is 7.11 Å². The van der Waals surface area contributed by atoms with Crippen molar-refractivity contribution in [2.24, 2.45) is 0 Å². The Bertz CT molecular complexity index is 722. The van der Waals surface area contributed by atoms with Gasteiger partial charge in [-0.2, -0.15) is 0 Å². The molecule has 2 heterocycles. The molecule has 122 valence electrons. The molecule has 0 fully saturated rings. The second-order valence-corrected chi connectivity index (χ2v) is 5.80. The predicted octanol–water partition coefficient (Wildman–Crippen LogP) is 2.55. The van der Waals surface area contributed by atoms with Gasteiger partial charge in [-0.25, -0.2) is 4.98 Å². The minimum absolute atomic E-state index is 0.0677. The lowest BCUT2D eigenvalue weighted by Crippen LogP contribution is -2.23. The van der Waals surface area contributed by atoms with Gasteiger partial charge in [0.05, 0.1) is 13.2 Å². The molecule has 0 radical (unpaired) electrons. The number of aryl methyl sites for hydroxylation is 1. The van der Waals surface area contributed by atoms with E-state index in [1.165, 1.54) is 0 Å². The second-order valence-electron chi connectivity index (χ2n) is 5.80. The molecular formula is C17H21N3O3. The molecular weight excluding hydrogens is 294 g/mol. The number of carbonyl (C=O) groups is 1. The Hall–Kier alpha value is -2.50. The van der Waals surface area contributed by atoms with Crippen LogP contribution in [-0.2, 0) is 6.42 Å². The summed E-state index contributed by atoms with van der Waals surface area (Å²) < 4.78 is 11.1. The molecule has 0 saturated heterocycles. The molecule has 0 unspecified atom stereocenters. The van der Waals surface area contributed by atoms with Gasteiger partial charge in [-0.1, -0.05) is 0 Å². The number of methoxy groups -OCH3 is 1. The summed E-state index contributed by atoms with van der Waals surface area (Å²) in [5.74, 6) is 1.89. The van der Waals surface area contributed by atoms with Gasteiger partial charge in [0, 0.05) is 17.8 Å². The molecule has 6 nitrogen and oxygen atoms in total.